The van der Waals surface area contributed by atoms with E-state index in [0.29, 0.717) is 0 Å². The molecule has 100 valence electrons. The molecule has 1 aromatic carbocycles. The van der Waals surface area contributed by atoms with Crippen LogP contribution >= 0.6 is 0 Å². The molecule has 0 amide bonds. The largest absolute Gasteiger partial charge is 0.501 e. The van der Waals surface area contributed by atoms with Crippen LogP contribution in [0.4, 0.5) is 5.69 Å². The Morgan fingerprint density at radius 1 is 1.28 bits per heavy atom. The molecule has 1 aromatic rings. The maximum atomic E-state index is 11.3. The first-order chi connectivity index (χ1) is 8.12. The first kappa shape index (κ1) is 12.9. The Hall–Kier alpha value is -1.52. The average molecular weight is 294 g/mol. The monoisotopic (exact) mass is 294 g/mol. The molecule has 2 rings (SSSR count). The van der Waals surface area contributed by atoms with Crippen LogP contribution in [0.3, 0.4) is 0 Å². The Morgan fingerprint density at radius 2 is 1.89 bits per heavy atom. The molecular weight excluding hydrogens is 284 g/mol. The fourth-order valence-corrected chi connectivity index (χ4v) is 2.89. The smallest absolute Gasteiger partial charge is 0.398 e. The third-order valence-electron chi connectivity index (χ3n) is 2.47. The highest BCUT2D eigenvalue weighted by atomic mass is 32.3. The number of anilines is 1. The van der Waals surface area contributed by atoms with Crippen LogP contribution in [0, 0.1) is 0 Å². The van der Waals surface area contributed by atoms with Gasteiger partial charge in [0.05, 0.1) is 0 Å². The van der Waals surface area contributed by atoms with E-state index >= 15 is 0 Å². The minimum absolute atomic E-state index is 0.0314. The number of rotatable bonds is 2. The van der Waals surface area contributed by atoms with Crippen molar-refractivity contribution < 1.29 is 25.2 Å². The summed E-state index contributed by atoms with van der Waals surface area (Å²) in [6.45, 7) is 1.27. The van der Waals surface area contributed by atoms with Crippen molar-refractivity contribution in [3.05, 3.63) is 17.7 Å². The predicted octanol–water partition coefficient (Wildman–Crippen LogP) is -0.366. The number of benzene rings is 1. The topological polar surface area (TPSA) is 139 Å². The van der Waals surface area contributed by atoms with Crippen molar-refractivity contribution in [3.8, 4) is 11.5 Å². The zero-order chi connectivity index (χ0) is 13.7. The first-order valence-corrected chi connectivity index (χ1v) is 7.64. The quantitative estimate of drug-likeness (QED) is 0.709. The predicted molar refractivity (Wildman–Crippen MR) is 62.6 cm³/mol. The lowest BCUT2D eigenvalue weighted by atomic mass is 10.1. The molecule has 1 aliphatic rings. The average Bonchev–Trinajstić information content (AvgIpc) is 2.50. The molecule has 0 radical (unpaired) electrons. The minimum atomic E-state index is -4.21. The van der Waals surface area contributed by atoms with Crippen LogP contribution in [0.5, 0.6) is 11.5 Å². The standard InChI is InChI=1S/C8H10N2O6S2/c1-4(17(10,11)12)7-5(9)2-3-6-8(7)16-18(13,14)15-6/h2-4H,9H2,1H3,(H2,10,11,12). The van der Waals surface area contributed by atoms with Crippen molar-refractivity contribution >= 4 is 26.1 Å². The van der Waals surface area contributed by atoms with E-state index in [2.05, 4.69) is 8.37 Å². The summed E-state index contributed by atoms with van der Waals surface area (Å²) in [7, 11) is -8.16. The van der Waals surface area contributed by atoms with Gasteiger partial charge in [0.1, 0.15) is 5.25 Å². The lowest BCUT2D eigenvalue weighted by molar-refractivity contribution is 0.435. The van der Waals surface area contributed by atoms with Crippen molar-refractivity contribution in [1.29, 1.82) is 0 Å². The van der Waals surface area contributed by atoms with E-state index in [-0.39, 0.29) is 22.7 Å². The molecule has 4 N–H and O–H groups in total. The molecule has 0 aromatic heterocycles. The number of nitrogen functional groups attached to an aromatic ring is 1. The van der Waals surface area contributed by atoms with Gasteiger partial charge >= 0.3 is 10.4 Å². The molecule has 1 atom stereocenters. The third kappa shape index (κ3) is 2.09. The van der Waals surface area contributed by atoms with E-state index in [9.17, 15) is 16.8 Å². The van der Waals surface area contributed by atoms with Crippen LogP contribution in [0.25, 0.3) is 0 Å². The second-order valence-electron chi connectivity index (χ2n) is 3.70. The fraction of sp³-hybridized carbons (Fsp3) is 0.250. The summed E-state index contributed by atoms with van der Waals surface area (Å²) in [5.74, 6) is -0.355. The van der Waals surface area contributed by atoms with Gasteiger partial charge in [0.15, 0.2) is 11.5 Å². The van der Waals surface area contributed by atoms with Gasteiger partial charge in [0.2, 0.25) is 10.0 Å². The molecule has 1 aliphatic heterocycles. The van der Waals surface area contributed by atoms with Gasteiger partial charge in [-0.2, -0.15) is 0 Å². The highest BCUT2D eigenvalue weighted by Crippen LogP contribution is 2.45. The van der Waals surface area contributed by atoms with Crippen LogP contribution < -0.4 is 19.2 Å². The van der Waals surface area contributed by atoms with Crippen LogP contribution in [0.2, 0.25) is 0 Å². The Bertz CT molecular complexity index is 709. The normalized spacial score (nSPS) is 18.6. The van der Waals surface area contributed by atoms with E-state index in [4.69, 9.17) is 10.9 Å². The lowest BCUT2D eigenvalue weighted by Crippen LogP contribution is -2.20. The molecular formula is C8H10N2O6S2. The maximum absolute atomic E-state index is 11.3. The Kier molecular flexibility index (Phi) is 2.68. The third-order valence-corrected chi connectivity index (χ3v) is 4.45. The number of fused-ring (bicyclic) bond motifs is 1. The highest BCUT2D eigenvalue weighted by Gasteiger charge is 2.36. The second-order valence-corrected chi connectivity index (χ2v) is 6.74. The molecule has 0 saturated heterocycles. The van der Waals surface area contributed by atoms with Gasteiger partial charge in [-0.1, -0.05) is 0 Å². The van der Waals surface area contributed by atoms with E-state index in [1.807, 2.05) is 0 Å². The summed E-state index contributed by atoms with van der Waals surface area (Å²) in [5.41, 5.74) is 5.65. The Balaban J connectivity index is 2.68. The molecule has 8 nitrogen and oxygen atoms in total. The maximum Gasteiger partial charge on any atom is 0.501 e. The zero-order valence-corrected chi connectivity index (χ0v) is 10.8. The van der Waals surface area contributed by atoms with Gasteiger partial charge in [0.25, 0.3) is 0 Å². The number of nitrogens with two attached hydrogens (primary N) is 2. The second kappa shape index (κ2) is 3.73. The van der Waals surface area contributed by atoms with E-state index in [1.165, 1.54) is 19.1 Å². The Morgan fingerprint density at radius 3 is 2.44 bits per heavy atom. The van der Waals surface area contributed by atoms with Crippen LogP contribution in [-0.2, 0) is 20.4 Å². The zero-order valence-electron chi connectivity index (χ0n) is 9.15. The molecule has 18 heavy (non-hydrogen) atoms. The molecule has 0 aliphatic carbocycles. The number of hydrogen-bond donors (Lipinski definition) is 2. The SMILES string of the molecule is CC(c1c(N)ccc2c1OS(=O)(=O)O2)S(N)(=O)=O. The molecule has 0 fully saturated rings. The summed E-state index contributed by atoms with van der Waals surface area (Å²) in [4.78, 5) is 0. The molecule has 1 heterocycles. The van der Waals surface area contributed by atoms with Crippen LogP contribution in [-0.4, -0.2) is 16.8 Å². The molecule has 1 unspecified atom stereocenters. The molecule has 0 spiro atoms. The van der Waals surface area contributed by atoms with Crippen molar-refractivity contribution in [3.63, 3.8) is 0 Å². The number of hydrogen-bond acceptors (Lipinski definition) is 7. The van der Waals surface area contributed by atoms with E-state index < -0.39 is 25.7 Å². The summed E-state index contributed by atoms with van der Waals surface area (Å²) < 4.78 is 54.0. The van der Waals surface area contributed by atoms with Crippen LogP contribution in [0.1, 0.15) is 17.7 Å². The van der Waals surface area contributed by atoms with Gasteiger partial charge in [-0.25, -0.2) is 13.6 Å². The summed E-state index contributed by atoms with van der Waals surface area (Å²) >= 11 is 0. The lowest BCUT2D eigenvalue weighted by Gasteiger charge is -2.13. The van der Waals surface area contributed by atoms with Gasteiger partial charge in [0, 0.05) is 11.3 Å². The van der Waals surface area contributed by atoms with Gasteiger partial charge in [-0.05, 0) is 19.1 Å². The molecule has 10 heteroatoms. The van der Waals surface area contributed by atoms with E-state index in [1.54, 1.807) is 0 Å². The van der Waals surface area contributed by atoms with Crippen molar-refractivity contribution in [1.82, 2.24) is 0 Å². The summed E-state index contributed by atoms with van der Waals surface area (Å²) in [5, 5.41) is 3.79. The summed E-state index contributed by atoms with van der Waals surface area (Å²) in [6.07, 6.45) is 0. The van der Waals surface area contributed by atoms with Gasteiger partial charge in [-0.3, -0.25) is 0 Å². The van der Waals surface area contributed by atoms with Crippen molar-refractivity contribution in [2.45, 2.75) is 12.2 Å². The van der Waals surface area contributed by atoms with Crippen molar-refractivity contribution in [2.24, 2.45) is 5.14 Å². The summed E-state index contributed by atoms with van der Waals surface area (Å²) in [6, 6.07) is 2.59. The van der Waals surface area contributed by atoms with Crippen molar-refractivity contribution in [2.75, 3.05) is 5.73 Å². The van der Waals surface area contributed by atoms with Gasteiger partial charge in [-0.15, -0.1) is 8.42 Å². The Labute approximate surface area is 104 Å². The number of primary sulfonamides is 1. The minimum Gasteiger partial charge on any atom is -0.398 e. The molecule has 0 bridgehead atoms. The molecule has 0 saturated carbocycles. The highest BCUT2D eigenvalue weighted by molar-refractivity contribution is 7.89. The number of sulfonamides is 1. The van der Waals surface area contributed by atoms with E-state index in [0.717, 1.165) is 0 Å². The van der Waals surface area contributed by atoms with Crippen LogP contribution in [0.15, 0.2) is 12.1 Å². The van der Waals surface area contributed by atoms with Gasteiger partial charge < -0.3 is 14.1 Å². The first-order valence-electron chi connectivity index (χ1n) is 4.70. The fourth-order valence-electron chi connectivity index (χ4n) is 1.56.